The summed E-state index contributed by atoms with van der Waals surface area (Å²) in [6, 6.07) is 10.1. The van der Waals surface area contributed by atoms with Gasteiger partial charge in [0.25, 0.3) is 0 Å². The van der Waals surface area contributed by atoms with Gasteiger partial charge in [-0.1, -0.05) is 60.7 Å². The molecule has 8 rings (SSSR count). The Balaban J connectivity index is 0.000000199. The van der Waals surface area contributed by atoms with Gasteiger partial charge in [-0.3, -0.25) is 34.8 Å². The summed E-state index contributed by atoms with van der Waals surface area (Å²) in [5.74, 6) is -1.11. The fourth-order valence-corrected chi connectivity index (χ4v) is 10.8. The quantitative estimate of drug-likeness (QED) is 0.0360. The number of hydrogen-bond donors (Lipinski definition) is 7. The summed E-state index contributed by atoms with van der Waals surface area (Å²) >= 11 is 4.06. The number of nitrogens with one attached hydrogen (secondary N) is 5. The van der Waals surface area contributed by atoms with Crippen molar-refractivity contribution in [1.82, 2.24) is 29.7 Å². The van der Waals surface area contributed by atoms with Crippen molar-refractivity contribution in [2.24, 2.45) is 11.8 Å². The number of aromatic nitrogens is 4. The Bertz CT molecular complexity index is 2570. The molecule has 67 heavy (non-hydrogen) atoms. The molecule has 7 N–H and O–H groups in total. The van der Waals surface area contributed by atoms with Crippen molar-refractivity contribution < 1.29 is 39.0 Å². The Morgan fingerprint density at radius 3 is 1.69 bits per heavy atom. The summed E-state index contributed by atoms with van der Waals surface area (Å²) in [5.41, 5.74) is 4.06. The van der Waals surface area contributed by atoms with Gasteiger partial charge in [-0.25, -0.2) is 29.3 Å². The summed E-state index contributed by atoms with van der Waals surface area (Å²) in [6.07, 6.45) is 12.6. The van der Waals surface area contributed by atoms with Gasteiger partial charge in [0, 0.05) is 89.8 Å². The normalized spacial score (nSPS) is 15.7. The molecule has 5 aromatic rings. The van der Waals surface area contributed by atoms with Crippen LogP contribution in [-0.2, 0) is 17.1 Å². The smallest absolute Gasteiger partial charge is 0.356 e. The van der Waals surface area contributed by atoms with E-state index in [1.165, 1.54) is 40.6 Å². The molecule has 0 radical (unpaired) electrons. The van der Waals surface area contributed by atoms with Gasteiger partial charge in [0.1, 0.15) is 0 Å². The first-order valence-electron chi connectivity index (χ1n) is 22.2. The van der Waals surface area contributed by atoms with Gasteiger partial charge in [-0.15, -0.1) is 22.7 Å². The maximum absolute atomic E-state index is 13.0. The Morgan fingerprint density at radius 1 is 0.701 bits per heavy atom. The Morgan fingerprint density at radius 2 is 1.19 bits per heavy atom. The number of carboxylic acid groups (broad SMARTS) is 2. The summed E-state index contributed by atoms with van der Waals surface area (Å²) in [5, 5.41) is 30.4. The number of thiazole rings is 2. The number of piperazine rings is 1. The number of ketones is 2. The summed E-state index contributed by atoms with van der Waals surface area (Å²) in [6.45, 7) is 7.67. The fourth-order valence-electron chi connectivity index (χ4n) is 8.27. The zero-order valence-electron chi connectivity index (χ0n) is 37.3. The summed E-state index contributed by atoms with van der Waals surface area (Å²) < 4.78 is 0. The van der Waals surface area contributed by atoms with Crippen LogP contribution >= 0.6 is 34.4 Å². The highest BCUT2D eigenvalue weighted by Crippen LogP contribution is 2.33. The minimum atomic E-state index is -1.09. The van der Waals surface area contributed by atoms with Crippen molar-refractivity contribution in [2.45, 2.75) is 82.7 Å². The summed E-state index contributed by atoms with van der Waals surface area (Å²) in [7, 11) is 0. The lowest BCUT2D eigenvalue weighted by molar-refractivity contribution is -0.138. The standard InChI is InChI=1S/C24H31N5O4S.C22H23N5O4S2/c1-16-6-7-20(19(12-16)22(32)17-4-2-3-5-17)26-23(33)27-24-25-13-18(34-24)14-28-8-10-29(11-9-28)15-21(30)31;1-12-6-7-16(15(8-12)18(28)13-4-2-3-5-13)25-20(31)27-22-23-9-14(33-22)11-32-21-24-10-17(26-21)19(29)30/h6-7,12-13,17H,2-5,8-11,14-15H2,1H3,(H,30,31)(H2,25,26,27,33);6-10,13H,2-5,11H2,1H3,(H,24,26)(H,29,30)(H2,23,25,27,31). The zero-order chi connectivity index (χ0) is 47.5. The zero-order valence-corrected chi connectivity index (χ0v) is 39.7. The first kappa shape index (κ1) is 48.9. The van der Waals surface area contributed by atoms with Crippen molar-refractivity contribution >= 4 is 91.6 Å². The number of thioether (sulfide) groups is 1. The van der Waals surface area contributed by atoms with Gasteiger partial charge in [-0.2, -0.15) is 0 Å². The van der Waals surface area contributed by atoms with Crippen LogP contribution in [0.2, 0.25) is 0 Å². The molecule has 354 valence electrons. The van der Waals surface area contributed by atoms with Crippen molar-refractivity contribution in [3.63, 3.8) is 0 Å². The second-order valence-corrected chi connectivity index (χ2v) is 20.0. The monoisotopic (exact) mass is 970 g/mol. The van der Waals surface area contributed by atoms with E-state index in [9.17, 15) is 28.8 Å². The third kappa shape index (κ3) is 14.0. The van der Waals surface area contributed by atoms with Crippen LogP contribution < -0.4 is 21.3 Å². The van der Waals surface area contributed by atoms with E-state index in [2.05, 4.69) is 46.1 Å². The number of carbonyl (C=O) groups excluding carboxylic acids is 4. The van der Waals surface area contributed by atoms with Crippen LogP contribution in [0.15, 0.2) is 60.1 Å². The van der Waals surface area contributed by atoms with Crippen LogP contribution in [0, 0.1) is 25.7 Å². The minimum absolute atomic E-state index is 0.0233. The van der Waals surface area contributed by atoms with Crippen LogP contribution in [0.4, 0.5) is 31.2 Å². The van der Waals surface area contributed by atoms with Gasteiger partial charge in [-0.05, 0) is 63.8 Å². The maximum Gasteiger partial charge on any atom is 0.356 e. The lowest BCUT2D eigenvalue weighted by Crippen LogP contribution is -2.47. The van der Waals surface area contributed by atoms with E-state index < -0.39 is 24.0 Å². The van der Waals surface area contributed by atoms with E-state index in [4.69, 9.17) is 10.2 Å². The second-order valence-electron chi connectivity index (χ2n) is 16.8. The van der Waals surface area contributed by atoms with Gasteiger partial charge >= 0.3 is 24.0 Å². The number of imidazole rings is 1. The number of aromatic carboxylic acids is 1. The molecular weight excluding hydrogens is 917 g/mol. The van der Waals surface area contributed by atoms with E-state index in [0.717, 1.165) is 98.4 Å². The van der Waals surface area contributed by atoms with E-state index in [-0.39, 0.29) is 35.6 Å². The van der Waals surface area contributed by atoms with Crippen LogP contribution in [0.25, 0.3) is 0 Å². The fraction of sp³-hybridized carbons (Fsp3) is 0.413. The number of nitrogens with zero attached hydrogens (tertiary/aromatic N) is 5. The van der Waals surface area contributed by atoms with Crippen LogP contribution in [0.1, 0.15) is 103 Å². The first-order valence-corrected chi connectivity index (χ1v) is 24.8. The number of amides is 4. The predicted molar refractivity (Wildman–Crippen MR) is 259 cm³/mol. The molecule has 3 fully saturated rings. The molecule has 4 amide bonds. The van der Waals surface area contributed by atoms with Crippen LogP contribution in [0.3, 0.4) is 0 Å². The number of urea groups is 2. The molecular formula is C46H54N10O8S3. The lowest BCUT2D eigenvalue weighted by Gasteiger charge is -2.33. The number of carboxylic acids is 2. The number of aromatic amines is 1. The van der Waals surface area contributed by atoms with Crippen molar-refractivity contribution in [1.29, 1.82) is 0 Å². The van der Waals surface area contributed by atoms with Gasteiger partial charge in [0.15, 0.2) is 32.7 Å². The third-order valence-electron chi connectivity index (χ3n) is 11.7. The molecule has 1 aliphatic heterocycles. The molecule has 0 atom stereocenters. The largest absolute Gasteiger partial charge is 0.480 e. The Kier molecular flexibility index (Phi) is 16.9. The van der Waals surface area contributed by atoms with E-state index in [1.54, 1.807) is 24.5 Å². The molecule has 0 bridgehead atoms. The highest BCUT2D eigenvalue weighted by Gasteiger charge is 2.28. The minimum Gasteiger partial charge on any atom is -0.480 e. The van der Waals surface area contributed by atoms with Crippen molar-refractivity contribution in [3.05, 3.63) is 92.7 Å². The second kappa shape index (κ2) is 23.1. The Labute approximate surface area is 399 Å². The maximum atomic E-state index is 13.0. The van der Waals surface area contributed by atoms with E-state index in [0.29, 0.717) is 50.2 Å². The molecule has 0 unspecified atom stereocenters. The molecule has 3 aromatic heterocycles. The topological polar surface area (TPSA) is 252 Å². The van der Waals surface area contributed by atoms with Gasteiger partial charge < -0.3 is 25.8 Å². The lowest BCUT2D eigenvalue weighted by atomic mass is 9.94. The number of hydrogen-bond acceptors (Lipinski definition) is 14. The number of H-pyrrole nitrogens is 1. The molecule has 4 heterocycles. The van der Waals surface area contributed by atoms with Gasteiger partial charge in [0.05, 0.1) is 17.9 Å². The molecule has 1 saturated heterocycles. The first-order chi connectivity index (χ1) is 32.3. The van der Waals surface area contributed by atoms with Crippen molar-refractivity contribution in [2.75, 3.05) is 54.0 Å². The number of aryl methyl sites for hydroxylation is 2. The molecule has 2 saturated carbocycles. The van der Waals surface area contributed by atoms with E-state index in [1.807, 2.05) is 43.0 Å². The number of carbonyl (C=O) groups is 6. The highest BCUT2D eigenvalue weighted by molar-refractivity contribution is 7.98. The molecule has 3 aliphatic rings. The number of benzene rings is 2. The van der Waals surface area contributed by atoms with E-state index >= 15 is 0 Å². The summed E-state index contributed by atoms with van der Waals surface area (Å²) in [4.78, 5) is 94.4. The van der Waals surface area contributed by atoms with Crippen LogP contribution in [-0.4, -0.2) is 108 Å². The predicted octanol–water partition coefficient (Wildman–Crippen LogP) is 8.85. The molecule has 2 aliphatic carbocycles. The Hall–Kier alpha value is -6.00. The number of Topliss-reactive ketones (excluding diaryl/α,β-unsaturated/α-hetero) is 2. The van der Waals surface area contributed by atoms with Crippen LogP contribution in [0.5, 0.6) is 0 Å². The number of rotatable bonds is 16. The average Bonchev–Trinajstić information content (AvgIpc) is 4.16. The molecule has 18 nitrogen and oxygen atoms in total. The highest BCUT2D eigenvalue weighted by atomic mass is 32.2. The molecule has 21 heteroatoms. The SMILES string of the molecule is Cc1ccc(NC(=O)Nc2ncc(CN3CCN(CC(=O)O)CC3)s2)c(C(=O)C2CCCC2)c1.Cc1ccc(NC(=O)Nc2ncc(CSc3nc(C(=O)O)c[nH]3)s2)c(C(=O)C2CCCC2)c1. The third-order valence-corrected chi connectivity index (χ3v) is 14.6. The van der Waals surface area contributed by atoms with Crippen molar-refractivity contribution in [3.8, 4) is 0 Å². The molecule has 2 aromatic carbocycles. The average molecular weight is 971 g/mol. The van der Waals surface area contributed by atoms with Gasteiger partial charge in [0.2, 0.25) is 0 Å². The molecule has 0 spiro atoms. The number of aliphatic carboxylic acids is 1. The number of anilines is 4.